The van der Waals surface area contributed by atoms with E-state index >= 15 is 0 Å². The Morgan fingerprint density at radius 3 is 2.59 bits per heavy atom. The van der Waals surface area contributed by atoms with Crippen molar-refractivity contribution >= 4 is 46.5 Å². The maximum absolute atomic E-state index is 6.42. The molecule has 2 heterocycles. The standard InChI is InChI=1S/C17H14Cl2N2S/c1-10-16-20-14-8-3-2-5-11(14)9-21(16)17(22-10)15-12(18)6-4-7-13(15)19/h2-8,10,17H,9H2,1H3/t10-,17+/m0/s1. The SMILES string of the molecule is C[C@@H]1S[C@H](c2c(Cl)cccc2Cl)N2Cc3ccccc3N=C12. The van der Waals surface area contributed by atoms with Crippen molar-refractivity contribution < 1.29 is 0 Å². The first-order chi connectivity index (χ1) is 10.6. The van der Waals surface area contributed by atoms with Crippen LogP contribution in [0.15, 0.2) is 47.5 Å². The third-order valence-corrected chi connectivity index (χ3v) is 6.11. The van der Waals surface area contributed by atoms with Gasteiger partial charge in [0.1, 0.15) is 11.2 Å². The number of aliphatic imine (C=N–C) groups is 1. The summed E-state index contributed by atoms with van der Waals surface area (Å²) in [5, 5.41) is 1.88. The van der Waals surface area contributed by atoms with E-state index in [2.05, 4.69) is 30.0 Å². The summed E-state index contributed by atoms with van der Waals surface area (Å²) in [5.41, 5.74) is 3.31. The minimum Gasteiger partial charge on any atom is -0.338 e. The zero-order valence-electron chi connectivity index (χ0n) is 12.0. The summed E-state index contributed by atoms with van der Waals surface area (Å²) in [6, 6.07) is 14.0. The van der Waals surface area contributed by atoms with Crippen LogP contribution < -0.4 is 0 Å². The molecule has 112 valence electrons. The second-order valence-corrected chi connectivity index (χ2v) is 7.73. The van der Waals surface area contributed by atoms with Gasteiger partial charge in [-0.05, 0) is 30.7 Å². The average molecular weight is 349 g/mol. The molecule has 0 radical (unpaired) electrons. The molecule has 5 heteroatoms. The summed E-state index contributed by atoms with van der Waals surface area (Å²) < 4.78 is 0. The molecule has 1 fully saturated rings. The Morgan fingerprint density at radius 1 is 1.09 bits per heavy atom. The molecular formula is C17H14Cl2N2S. The zero-order valence-corrected chi connectivity index (χ0v) is 14.3. The van der Waals surface area contributed by atoms with Crippen LogP contribution in [0.4, 0.5) is 5.69 Å². The van der Waals surface area contributed by atoms with Crippen LogP contribution in [0.1, 0.15) is 23.4 Å². The Bertz CT molecular complexity index is 755. The van der Waals surface area contributed by atoms with Gasteiger partial charge in [-0.25, -0.2) is 4.99 Å². The summed E-state index contributed by atoms with van der Waals surface area (Å²) in [6.45, 7) is 3.04. The smallest absolute Gasteiger partial charge is 0.119 e. The molecule has 2 aliphatic heterocycles. The van der Waals surface area contributed by atoms with Crippen LogP contribution in [0.2, 0.25) is 10.0 Å². The Labute approximate surface area is 144 Å². The molecule has 2 nitrogen and oxygen atoms in total. The largest absolute Gasteiger partial charge is 0.338 e. The second kappa shape index (κ2) is 5.48. The lowest BCUT2D eigenvalue weighted by Crippen LogP contribution is -2.32. The third kappa shape index (κ3) is 2.23. The molecule has 0 bridgehead atoms. The minimum atomic E-state index is 0.114. The lowest BCUT2D eigenvalue weighted by atomic mass is 10.1. The number of hydrogen-bond donors (Lipinski definition) is 0. The second-order valence-electron chi connectivity index (χ2n) is 5.49. The number of hydrogen-bond acceptors (Lipinski definition) is 3. The number of rotatable bonds is 1. The molecule has 0 saturated carbocycles. The molecule has 0 spiro atoms. The van der Waals surface area contributed by atoms with Crippen molar-refractivity contribution in [1.82, 2.24) is 4.90 Å². The van der Waals surface area contributed by atoms with Gasteiger partial charge in [0.2, 0.25) is 0 Å². The van der Waals surface area contributed by atoms with Crippen LogP contribution in [-0.4, -0.2) is 16.0 Å². The van der Waals surface area contributed by atoms with Gasteiger partial charge in [0.15, 0.2) is 0 Å². The number of halogens is 2. The number of fused-ring (bicyclic) bond motifs is 2. The van der Waals surface area contributed by atoms with Gasteiger partial charge in [-0.15, -0.1) is 11.8 Å². The summed E-state index contributed by atoms with van der Waals surface area (Å²) in [4.78, 5) is 7.18. The molecule has 1 saturated heterocycles. The molecule has 2 aromatic rings. The maximum atomic E-state index is 6.42. The molecule has 4 rings (SSSR count). The summed E-state index contributed by atoms with van der Waals surface area (Å²) >= 11 is 14.7. The van der Waals surface area contributed by atoms with Gasteiger partial charge < -0.3 is 4.90 Å². The first-order valence-electron chi connectivity index (χ1n) is 7.17. The maximum Gasteiger partial charge on any atom is 0.119 e. The fourth-order valence-corrected chi connectivity index (χ4v) is 5.18. The van der Waals surface area contributed by atoms with E-state index in [0.717, 1.165) is 33.7 Å². The molecule has 2 aliphatic rings. The summed E-state index contributed by atoms with van der Waals surface area (Å²) in [5.74, 6) is 1.12. The average Bonchev–Trinajstić information content (AvgIpc) is 2.82. The van der Waals surface area contributed by atoms with Crippen LogP contribution >= 0.6 is 35.0 Å². The number of para-hydroxylation sites is 1. The van der Waals surface area contributed by atoms with E-state index in [0.29, 0.717) is 5.25 Å². The Morgan fingerprint density at radius 2 is 1.82 bits per heavy atom. The highest BCUT2D eigenvalue weighted by atomic mass is 35.5. The van der Waals surface area contributed by atoms with E-state index in [1.807, 2.05) is 36.0 Å². The fourth-order valence-electron chi connectivity index (χ4n) is 3.03. The lowest BCUT2D eigenvalue weighted by molar-refractivity contribution is 0.398. The first-order valence-corrected chi connectivity index (χ1v) is 8.87. The Balaban J connectivity index is 1.80. The van der Waals surface area contributed by atoms with Gasteiger partial charge in [-0.2, -0.15) is 0 Å². The molecule has 2 atom stereocenters. The van der Waals surface area contributed by atoms with Crippen LogP contribution in [-0.2, 0) is 6.54 Å². The van der Waals surface area contributed by atoms with E-state index in [4.69, 9.17) is 28.2 Å². The molecule has 22 heavy (non-hydrogen) atoms. The number of benzene rings is 2. The van der Waals surface area contributed by atoms with Gasteiger partial charge in [-0.3, -0.25) is 0 Å². The van der Waals surface area contributed by atoms with Crippen molar-refractivity contribution in [3.63, 3.8) is 0 Å². The fraction of sp³-hybridized carbons (Fsp3) is 0.235. The Kier molecular flexibility index (Phi) is 3.60. The van der Waals surface area contributed by atoms with Crippen molar-refractivity contribution in [2.24, 2.45) is 4.99 Å². The number of nitrogens with zero attached hydrogens (tertiary/aromatic N) is 2. The zero-order chi connectivity index (χ0) is 15.3. The van der Waals surface area contributed by atoms with E-state index in [1.165, 1.54) is 5.56 Å². The van der Waals surface area contributed by atoms with Crippen molar-refractivity contribution in [1.29, 1.82) is 0 Å². The molecule has 0 aliphatic carbocycles. The van der Waals surface area contributed by atoms with E-state index in [1.54, 1.807) is 0 Å². The van der Waals surface area contributed by atoms with Gasteiger partial charge in [0.25, 0.3) is 0 Å². The summed E-state index contributed by atoms with van der Waals surface area (Å²) in [7, 11) is 0. The van der Waals surface area contributed by atoms with Crippen molar-refractivity contribution in [2.45, 2.75) is 24.1 Å². The third-order valence-electron chi connectivity index (χ3n) is 4.09. The topological polar surface area (TPSA) is 15.6 Å². The van der Waals surface area contributed by atoms with Crippen molar-refractivity contribution in [3.05, 3.63) is 63.6 Å². The van der Waals surface area contributed by atoms with Crippen LogP contribution in [0, 0.1) is 0 Å². The Hall–Kier alpha value is -1.16. The highest BCUT2D eigenvalue weighted by Gasteiger charge is 2.40. The van der Waals surface area contributed by atoms with Crippen molar-refractivity contribution in [3.8, 4) is 0 Å². The van der Waals surface area contributed by atoms with Crippen LogP contribution in [0.25, 0.3) is 0 Å². The first kappa shape index (κ1) is 14.4. The predicted molar refractivity (Wildman–Crippen MR) is 95.3 cm³/mol. The van der Waals surface area contributed by atoms with E-state index in [-0.39, 0.29) is 5.37 Å². The van der Waals surface area contributed by atoms with E-state index < -0.39 is 0 Å². The highest BCUT2D eigenvalue weighted by Crippen LogP contribution is 2.50. The lowest BCUT2D eigenvalue weighted by Gasteiger charge is -2.31. The molecule has 0 unspecified atom stereocenters. The molecule has 0 aromatic heterocycles. The van der Waals surface area contributed by atoms with Crippen LogP contribution in [0.3, 0.4) is 0 Å². The number of amidine groups is 1. The number of thioether (sulfide) groups is 1. The molecule has 0 N–H and O–H groups in total. The van der Waals surface area contributed by atoms with Gasteiger partial charge >= 0.3 is 0 Å². The monoisotopic (exact) mass is 348 g/mol. The quantitative estimate of drug-likeness (QED) is 0.659. The predicted octanol–water partition coefficient (Wildman–Crippen LogP) is 5.67. The summed E-state index contributed by atoms with van der Waals surface area (Å²) in [6.07, 6.45) is 0. The van der Waals surface area contributed by atoms with Gasteiger partial charge in [-0.1, -0.05) is 47.5 Å². The van der Waals surface area contributed by atoms with Crippen LogP contribution in [0.5, 0.6) is 0 Å². The highest BCUT2D eigenvalue weighted by molar-refractivity contribution is 8.01. The molecule has 2 aromatic carbocycles. The minimum absolute atomic E-state index is 0.114. The van der Waals surface area contributed by atoms with Gasteiger partial charge in [0.05, 0.1) is 10.9 Å². The normalized spacial score (nSPS) is 23.0. The van der Waals surface area contributed by atoms with Crippen molar-refractivity contribution in [2.75, 3.05) is 0 Å². The molecule has 0 amide bonds. The van der Waals surface area contributed by atoms with E-state index in [9.17, 15) is 0 Å². The molecular weight excluding hydrogens is 335 g/mol. The van der Waals surface area contributed by atoms with Gasteiger partial charge in [0, 0.05) is 22.2 Å².